The van der Waals surface area contributed by atoms with Gasteiger partial charge in [-0.05, 0) is 19.3 Å². The first-order chi connectivity index (χ1) is 10.2. The molecular weight excluding hydrogens is 334 g/mol. The van der Waals surface area contributed by atoms with E-state index >= 15 is 0 Å². The Balaban J connectivity index is 0. The Morgan fingerprint density at radius 1 is 0.682 bits per heavy atom. The predicted octanol–water partition coefficient (Wildman–Crippen LogP) is 3.62. The summed E-state index contributed by atoms with van der Waals surface area (Å²) in [5.74, 6) is 0. The van der Waals surface area contributed by atoms with Gasteiger partial charge in [-0.15, -0.1) is 0 Å². The molecule has 0 unspecified atom stereocenters. The molecule has 0 bridgehead atoms. The largest absolute Gasteiger partial charge is 0.472 e. The molecule has 0 heterocycles. The quantitative estimate of drug-likeness (QED) is 0.354. The predicted molar refractivity (Wildman–Crippen MR) is 84.4 cm³/mol. The molecule has 0 spiro atoms. The first-order valence-electron chi connectivity index (χ1n) is 7.50. The fourth-order valence-electron chi connectivity index (χ4n) is 1.01. The van der Waals surface area contributed by atoms with Gasteiger partial charge in [0.25, 0.3) is 0 Å². The molecule has 0 radical (unpaired) electrons. The van der Waals surface area contributed by atoms with Gasteiger partial charge in [0.05, 0.1) is 19.8 Å². The lowest BCUT2D eigenvalue weighted by Gasteiger charge is -2.10. The molecule has 3 N–H and O–H groups in total. The summed E-state index contributed by atoms with van der Waals surface area (Å²) in [7, 11) is -7.95. The first kappa shape index (κ1) is 24.5. The van der Waals surface area contributed by atoms with Gasteiger partial charge in [0.15, 0.2) is 0 Å². The van der Waals surface area contributed by atoms with Crippen molar-refractivity contribution in [1.82, 2.24) is 0 Å². The van der Waals surface area contributed by atoms with Crippen LogP contribution in [-0.2, 0) is 22.7 Å². The van der Waals surface area contributed by atoms with E-state index in [1.807, 2.05) is 20.8 Å². The summed E-state index contributed by atoms with van der Waals surface area (Å²) >= 11 is 0. The SMILES string of the molecule is CCCCOP(=O)(O)O.CCCCOP(=O)(O)OCCCC. The Hall–Kier alpha value is 0.220. The molecule has 0 aliphatic carbocycles. The third kappa shape index (κ3) is 22.5. The fourth-order valence-corrected chi connectivity index (χ4v) is 2.17. The van der Waals surface area contributed by atoms with Gasteiger partial charge < -0.3 is 14.7 Å². The van der Waals surface area contributed by atoms with Crippen molar-refractivity contribution in [3.05, 3.63) is 0 Å². The van der Waals surface area contributed by atoms with Crippen molar-refractivity contribution in [3.63, 3.8) is 0 Å². The molecule has 10 heteroatoms. The second kappa shape index (κ2) is 14.8. The molecule has 0 atom stereocenters. The topological polar surface area (TPSA) is 123 Å². The summed E-state index contributed by atoms with van der Waals surface area (Å²) in [6, 6.07) is 0. The molecule has 0 aromatic heterocycles. The third-order valence-corrected chi connectivity index (χ3v) is 3.80. The maximum atomic E-state index is 11.1. The summed E-state index contributed by atoms with van der Waals surface area (Å²) in [5.41, 5.74) is 0. The zero-order valence-electron chi connectivity index (χ0n) is 13.6. The molecule has 0 saturated carbocycles. The molecule has 0 fully saturated rings. The lowest BCUT2D eigenvalue weighted by Crippen LogP contribution is -1.98. The highest BCUT2D eigenvalue weighted by molar-refractivity contribution is 7.47. The summed E-state index contributed by atoms with van der Waals surface area (Å²) in [6.07, 6.45) is 5.00. The molecule has 8 nitrogen and oxygen atoms in total. The Labute approximate surface area is 133 Å². The van der Waals surface area contributed by atoms with Gasteiger partial charge in [-0.3, -0.25) is 13.6 Å². The lowest BCUT2D eigenvalue weighted by molar-refractivity contribution is 0.146. The monoisotopic (exact) mass is 364 g/mol. The van der Waals surface area contributed by atoms with Crippen molar-refractivity contribution in [3.8, 4) is 0 Å². The second-order valence-electron chi connectivity index (χ2n) is 4.52. The van der Waals surface area contributed by atoms with E-state index in [0.29, 0.717) is 6.42 Å². The smallest absolute Gasteiger partial charge is 0.303 e. The Kier molecular flexibility index (Phi) is 16.5. The summed E-state index contributed by atoms with van der Waals surface area (Å²) in [4.78, 5) is 25.3. The van der Waals surface area contributed by atoms with Crippen LogP contribution in [0.4, 0.5) is 0 Å². The minimum atomic E-state index is -4.20. The maximum absolute atomic E-state index is 11.1. The number of phosphoric acid groups is 2. The second-order valence-corrected chi connectivity index (χ2v) is 7.21. The molecule has 0 saturated heterocycles. The minimum absolute atomic E-state index is 0.140. The van der Waals surface area contributed by atoms with E-state index in [-0.39, 0.29) is 19.8 Å². The van der Waals surface area contributed by atoms with Crippen LogP contribution in [-0.4, -0.2) is 34.5 Å². The van der Waals surface area contributed by atoms with Crippen molar-refractivity contribution in [1.29, 1.82) is 0 Å². The average Bonchev–Trinajstić information content (AvgIpc) is 2.39. The van der Waals surface area contributed by atoms with Gasteiger partial charge in [-0.25, -0.2) is 9.13 Å². The summed E-state index contributed by atoms with van der Waals surface area (Å²) < 4.78 is 34.6. The van der Waals surface area contributed by atoms with Crippen molar-refractivity contribution in [2.45, 2.75) is 59.3 Å². The number of unbranched alkanes of at least 4 members (excludes halogenated alkanes) is 3. The highest BCUT2D eigenvalue weighted by Crippen LogP contribution is 2.43. The zero-order valence-corrected chi connectivity index (χ0v) is 15.4. The van der Waals surface area contributed by atoms with E-state index in [0.717, 1.165) is 32.1 Å². The maximum Gasteiger partial charge on any atom is 0.472 e. The Bertz CT molecular complexity index is 317. The van der Waals surface area contributed by atoms with Crippen LogP contribution in [0.5, 0.6) is 0 Å². The van der Waals surface area contributed by atoms with Gasteiger partial charge in [0.1, 0.15) is 0 Å². The Morgan fingerprint density at radius 2 is 1.00 bits per heavy atom. The van der Waals surface area contributed by atoms with Crippen LogP contribution in [0, 0.1) is 0 Å². The average molecular weight is 364 g/mol. The van der Waals surface area contributed by atoms with Crippen LogP contribution in [0.15, 0.2) is 0 Å². The van der Waals surface area contributed by atoms with Gasteiger partial charge >= 0.3 is 15.6 Å². The van der Waals surface area contributed by atoms with E-state index in [1.54, 1.807) is 0 Å². The molecule has 0 aliphatic heterocycles. The lowest BCUT2D eigenvalue weighted by atomic mass is 10.4. The van der Waals surface area contributed by atoms with Crippen molar-refractivity contribution >= 4 is 15.6 Å². The number of hydrogen-bond donors (Lipinski definition) is 3. The van der Waals surface area contributed by atoms with Crippen LogP contribution >= 0.6 is 15.6 Å². The molecule has 0 aromatic rings. The van der Waals surface area contributed by atoms with Crippen LogP contribution in [0.3, 0.4) is 0 Å². The van der Waals surface area contributed by atoms with Gasteiger partial charge in [0, 0.05) is 0 Å². The molecule has 22 heavy (non-hydrogen) atoms. The number of rotatable bonds is 12. The standard InChI is InChI=1S/C8H19O4P.C4H11O4P/c1-3-5-7-11-13(9,10)12-8-6-4-2;1-2-3-4-8-9(5,6)7/h3-8H2,1-2H3,(H,9,10);2-4H2,1H3,(H2,5,6,7). The van der Waals surface area contributed by atoms with Crippen molar-refractivity contribution in [2.24, 2.45) is 0 Å². The Morgan fingerprint density at radius 3 is 1.27 bits per heavy atom. The molecule has 136 valence electrons. The fraction of sp³-hybridized carbons (Fsp3) is 1.00. The highest BCUT2D eigenvalue weighted by atomic mass is 31.2. The summed E-state index contributed by atoms with van der Waals surface area (Å²) in [6.45, 7) is 6.61. The first-order valence-corrected chi connectivity index (χ1v) is 10.5. The van der Waals surface area contributed by atoms with Crippen LogP contribution in [0.2, 0.25) is 0 Å². The number of phosphoric ester groups is 2. The molecule has 0 aromatic carbocycles. The normalized spacial score (nSPS) is 11.9. The number of hydrogen-bond acceptors (Lipinski definition) is 5. The van der Waals surface area contributed by atoms with Gasteiger partial charge in [-0.1, -0.05) is 40.0 Å². The van der Waals surface area contributed by atoms with Gasteiger partial charge in [-0.2, -0.15) is 0 Å². The molecule has 0 amide bonds. The third-order valence-electron chi connectivity index (χ3n) is 2.26. The zero-order chi connectivity index (χ0) is 17.5. The van der Waals surface area contributed by atoms with Crippen LogP contribution in [0.25, 0.3) is 0 Å². The molecular formula is C12H30O8P2. The van der Waals surface area contributed by atoms with Crippen molar-refractivity contribution in [2.75, 3.05) is 19.8 Å². The van der Waals surface area contributed by atoms with E-state index in [2.05, 4.69) is 4.52 Å². The van der Waals surface area contributed by atoms with E-state index in [9.17, 15) is 9.13 Å². The summed E-state index contributed by atoms with van der Waals surface area (Å²) in [5, 5.41) is 0. The van der Waals surface area contributed by atoms with E-state index < -0.39 is 15.6 Å². The van der Waals surface area contributed by atoms with Gasteiger partial charge in [0.2, 0.25) is 0 Å². The van der Waals surface area contributed by atoms with E-state index in [1.165, 1.54) is 0 Å². The van der Waals surface area contributed by atoms with Crippen molar-refractivity contribution < 1.29 is 37.4 Å². The van der Waals surface area contributed by atoms with Crippen LogP contribution < -0.4 is 0 Å². The highest BCUT2D eigenvalue weighted by Gasteiger charge is 2.19. The molecule has 0 aliphatic rings. The minimum Gasteiger partial charge on any atom is -0.303 e. The van der Waals surface area contributed by atoms with E-state index in [4.69, 9.17) is 23.7 Å². The van der Waals surface area contributed by atoms with Crippen LogP contribution in [0.1, 0.15) is 59.3 Å². The molecule has 0 rings (SSSR count).